The van der Waals surface area contributed by atoms with Crippen LogP contribution in [0.1, 0.15) is 31.2 Å². The average Bonchev–Trinajstić information content (AvgIpc) is 3.29. The van der Waals surface area contributed by atoms with Gasteiger partial charge in [-0.3, -0.25) is 0 Å². The van der Waals surface area contributed by atoms with Crippen molar-refractivity contribution in [1.29, 1.82) is 0 Å². The number of hydrogen-bond donors (Lipinski definition) is 1. The Labute approximate surface area is 159 Å². The van der Waals surface area contributed by atoms with Gasteiger partial charge in [0.05, 0.1) is 24.7 Å². The maximum absolute atomic E-state index is 5.45. The quantitative estimate of drug-likeness (QED) is 0.655. The van der Waals surface area contributed by atoms with Gasteiger partial charge in [-0.2, -0.15) is 0 Å². The largest absolute Gasteiger partial charge is 0.497 e. The highest BCUT2D eigenvalue weighted by atomic mass is 16.7. The van der Waals surface area contributed by atoms with E-state index in [1.165, 1.54) is 0 Å². The van der Waals surface area contributed by atoms with E-state index in [4.69, 9.17) is 19.2 Å². The van der Waals surface area contributed by atoms with E-state index in [1.807, 2.05) is 24.3 Å². The Hall–Kier alpha value is -2.73. The zero-order valence-corrected chi connectivity index (χ0v) is 15.8. The van der Waals surface area contributed by atoms with Crippen molar-refractivity contribution in [3.63, 3.8) is 0 Å². The summed E-state index contributed by atoms with van der Waals surface area (Å²) < 4.78 is 18.5. The number of benzene rings is 2. The van der Waals surface area contributed by atoms with Crippen molar-refractivity contribution >= 4 is 11.0 Å². The molecule has 2 heterocycles. The Kier molecular flexibility index (Phi) is 5.16. The highest BCUT2D eigenvalue weighted by Gasteiger charge is 2.14. The van der Waals surface area contributed by atoms with Crippen LogP contribution in [-0.2, 0) is 19.6 Å². The third-order valence-corrected chi connectivity index (χ3v) is 4.82. The van der Waals surface area contributed by atoms with Crippen molar-refractivity contribution in [2.45, 2.75) is 39.4 Å². The Bertz CT molecular complexity index is 936. The highest BCUT2D eigenvalue weighted by Crippen LogP contribution is 2.32. The molecule has 27 heavy (non-hydrogen) atoms. The molecule has 0 saturated heterocycles. The second kappa shape index (κ2) is 7.88. The Morgan fingerprint density at radius 2 is 2.00 bits per heavy atom. The van der Waals surface area contributed by atoms with E-state index in [9.17, 15) is 0 Å². The molecule has 0 fully saturated rings. The normalized spacial score (nSPS) is 12.7. The predicted octanol–water partition coefficient (Wildman–Crippen LogP) is 3.86. The topological polar surface area (TPSA) is 57.5 Å². The molecule has 0 saturated carbocycles. The Morgan fingerprint density at radius 3 is 2.85 bits per heavy atom. The van der Waals surface area contributed by atoms with Crippen LogP contribution in [0.4, 0.5) is 0 Å². The number of nitrogens with one attached hydrogen (secondary N) is 1. The van der Waals surface area contributed by atoms with Gasteiger partial charge >= 0.3 is 0 Å². The number of methoxy groups -OCH3 is 1. The van der Waals surface area contributed by atoms with E-state index >= 15 is 0 Å². The molecule has 1 aromatic heterocycles. The Balaban J connectivity index is 1.50. The lowest BCUT2D eigenvalue weighted by atomic mass is 10.2. The number of nitrogens with zero attached hydrogens (tertiary/aromatic N) is 2. The van der Waals surface area contributed by atoms with Gasteiger partial charge in [0.25, 0.3) is 0 Å². The number of aryl methyl sites for hydroxylation is 1. The van der Waals surface area contributed by atoms with Gasteiger partial charge in [-0.1, -0.05) is 19.4 Å². The van der Waals surface area contributed by atoms with Crippen molar-refractivity contribution in [2.75, 3.05) is 13.9 Å². The van der Waals surface area contributed by atoms with Gasteiger partial charge in [-0.05, 0) is 36.2 Å². The van der Waals surface area contributed by atoms with Gasteiger partial charge in [-0.15, -0.1) is 0 Å². The number of aromatic nitrogens is 2. The number of fused-ring (bicyclic) bond motifs is 2. The molecule has 0 amide bonds. The second-order valence-electron chi connectivity index (χ2n) is 6.68. The average molecular weight is 367 g/mol. The fourth-order valence-electron chi connectivity index (χ4n) is 3.36. The third kappa shape index (κ3) is 3.71. The van der Waals surface area contributed by atoms with Crippen molar-refractivity contribution < 1.29 is 14.2 Å². The SMILES string of the molecule is CCCCn1c(CNCc2ccc3c(c2)OCO3)nc2cc(OC)ccc21. The minimum atomic E-state index is 0.303. The fraction of sp³-hybridized carbons (Fsp3) is 0.381. The summed E-state index contributed by atoms with van der Waals surface area (Å²) in [5, 5.41) is 3.50. The van der Waals surface area contributed by atoms with Crippen molar-refractivity contribution in [1.82, 2.24) is 14.9 Å². The lowest BCUT2D eigenvalue weighted by molar-refractivity contribution is 0.174. The Morgan fingerprint density at radius 1 is 1.11 bits per heavy atom. The molecule has 142 valence electrons. The molecular weight excluding hydrogens is 342 g/mol. The molecule has 0 unspecified atom stereocenters. The summed E-state index contributed by atoms with van der Waals surface area (Å²) in [6, 6.07) is 12.1. The van der Waals surface area contributed by atoms with Crippen LogP contribution in [-0.4, -0.2) is 23.5 Å². The molecule has 0 bridgehead atoms. The first-order valence-electron chi connectivity index (χ1n) is 9.41. The standard InChI is InChI=1S/C21H25N3O3/c1-3-4-9-24-18-7-6-16(25-2)11-17(18)23-21(24)13-22-12-15-5-8-19-20(10-15)27-14-26-19/h5-8,10-11,22H,3-4,9,12-14H2,1-2H3. The van der Waals surface area contributed by atoms with E-state index in [2.05, 4.69) is 28.9 Å². The zero-order valence-electron chi connectivity index (χ0n) is 15.8. The minimum absolute atomic E-state index is 0.303. The molecule has 0 aliphatic carbocycles. The van der Waals surface area contributed by atoms with E-state index < -0.39 is 0 Å². The molecule has 1 N–H and O–H groups in total. The molecule has 0 atom stereocenters. The third-order valence-electron chi connectivity index (χ3n) is 4.82. The summed E-state index contributed by atoms with van der Waals surface area (Å²) >= 11 is 0. The van der Waals surface area contributed by atoms with Crippen LogP contribution in [0.2, 0.25) is 0 Å². The van der Waals surface area contributed by atoms with Gasteiger partial charge in [0, 0.05) is 19.2 Å². The molecule has 3 aromatic rings. The van der Waals surface area contributed by atoms with Crippen LogP contribution in [0, 0.1) is 0 Å². The van der Waals surface area contributed by atoms with Crippen molar-refractivity contribution in [3.8, 4) is 17.2 Å². The van der Waals surface area contributed by atoms with Gasteiger partial charge in [-0.25, -0.2) is 4.98 Å². The monoisotopic (exact) mass is 367 g/mol. The second-order valence-corrected chi connectivity index (χ2v) is 6.68. The molecular formula is C21H25N3O3. The van der Waals surface area contributed by atoms with Crippen LogP contribution in [0.3, 0.4) is 0 Å². The van der Waals surface area contributed by atoms with E-state index in [0.29, 0.717) is 13.3 Å². The number of hydrogen-bond acceptors (Lipinski definition) is 5. The first-order valence-corrected chi connectivity index (χ1v) is 9.41. The van der Waals surface area contributed by atoms with Gasteiger partial charge in [0.2, 0.25) is 6.79 Å². The maximum atomic E-state index is 5.45. The summed E-state index contributed by atoms with van der Waals surface area (Å²) in [4.78, 5) is 4.84. The first kappa shape index (κ1) is 17.7. The van der Waals surface area contributed by atoms with E-state index in [0.717, 1.165) is 65.6 Å². The molecule has 0 radical (unpaired) electrons. The van der Waals surface area contributed by atoms with Crippen LogP contribution in [0.5, 0.6) is 17.2 Å². The maximum Gasteiger partial charge on any atom is 0.231 e. The number of unbranched alkanes of at least 4 members (excludes halogenated alkanes) is 1. The molecule has 4 rings (SSSR count). The van der Waals surface area contributed by atoms with Crippen LogP contribution in [0.25, 0.3) is 11.0 Å². The van der Waals surface area contributed by atoms with Gasteiger partial charge in [0.15, 0.2) is 11.5 Å². The van der Waals surface area contributed by atoms with Crippen LogP contribution < -0.4 is 19.5 Å². The zero-order chi connectivity index (χ0) is 18.6. The first-order chi connectivity index (χ1) is 13.3. The lowest BCUT2D eigenvalue weighted by Crippen LogP contribution is -2.17. The minimum Gasteiger partial charge on any atom is -0.497 e. The van der Waals surface area contributed by atoms with Gasteiger partial charge < -0.3 is 24.1 Å². The smallest absolute Gasteiger partial charge is 0.231 e. The molecule has 2 aromatic carbocycles. The highest BCUT2D eigenvalue weighted by molar-refractivity contribution is 5.77. The number of rotatable bonds is 8. The molecule has 6 heteroatoms. The summed E-state index contributed by atoms with van der Waals surface area (Å²) in [6.07, 6.45) is 2.28. The summed E-state index contributed by atoms with van der Waals surface area (Å²) in [6.45, 7) is 4.93. The summed E-state index contributed by atoms with van der Waals surface area (Å²) in [7, 11) is 1.68. The number of ether oxygens (including phenoxy) is 3. The van der Waals surface area contributed by atoms with Crippen LogP contribution in [0.15, 0.2) is 36.4 Å². The fourth-order valence-corrected chi connectivity index (χ4v) is 3.36. The lowest BCUT2D eigenvalue weighted by Gasteiger charge is -2.10. The summed E-state index contributed by atoms with van der Waals surface area (Å²) in [5.41, 5.74) is 3.30. The molecule has 1 aliphatic rings. The van der Waals surface area contributed by atoms with E-state index in [-0.39, 0.29) is 0 Å². The number of imidazole rings is 1. The summed E-state index contributed by atoms with van der Waals surface area (Å²) in [5.74, 6) is 3.51. The van der Waals surface area contributed by atoms with Crippen molar-refractivity contribution in [3.05, 3.63) is 47.8 Å². The molecule has 1 aliphatic heterocycles. The molecule has 6 nitrogen and oxygen atoms in total. The van der Waals surface area contributed by atoms with Gasteiger partial charge in [0.1, 0.15) is 11.6 Å². The van der Waals surface area contributed by atoms with Crippen molar-refractivity contribution in [2.24, 2.45) is 0 Å². The van der Waals surface area contributed by atoms with Crippen LogP contribution >= 0.6 is 0 Å². The predicted molar refractivity (Wildman–Crippen MR) is 104 cm³/mol. The molecule has 0 spiro atoms. The van der Waals surface area contributed by atoms with E-state index in [1.54, 1.807) is 7.11 Å².